The van der Waals surface area contributed by atoms with Gasteiger partial charge >= 0.3 is 0 Å². The Labute approximate surface area is 331 Å². The van der Waals surface area contributed by atoms with E-state index >= 15 is 0 Å². The van der Waals surface area contributed by atoms with Gasteiger partial charge in [-0.15, -0.1) is 0 Å². The molecule has 10 aromatic rings. The second-order valence-corrected chi connectivity index (χ2v) is 15.1. The minimum absolute atomic E-state index is 0.961. The normalized spacial score (nSPS) is 11.9. The van der Waals surface area contributed by atoms with Gasteiger partial charge in [-0.3, -0.25) is 4.98 Å². The van der Waals surface area contributed by atoms with Gasteiger partial charge in [-0.2, -0.15) is 0 Å². The zero-order valence-electron chi connectivity index (χ0n) is 31.0. The highest BCUT2D eigenvalue weighted by Gasteiger charge is 2.24. The summed E-state index contributed by atoms with van der Waals surface area (Å²) < 4.78 is 0. The Balaban J connectivity index is 1.01. The molecule has 0 spiro atoms. The van der Waals surface area contributed by atoms with E-state index in [-0.39, 0.29) is 0 Å². The van der Waals surface area contributed by atoms with Crippen LogP contribution in [0.15, 0.2) is 206 Å². The van der Waals surface area contributed by atoms with Gasteiger partial charge in [0.25, 0.3) is 0 Å². The van der Waals surface area contributed by atoms with Gasteiger partial charge in [-0.1, -0.05) is 152 Å². The van der Waals surface area contributed by atoms with Gasteiger partial charge in [0.05, 0.1) is 5.69 Å². The van der Waals surface area contributed by atoms with Crippen LogP contribution in [0.5, 0.6) is 0 Å². The predicted octanol–water partition coefficient (Wildman–Crippen LogP) is 15.2. The molecule has 1 heterocycles. The van der Waals surface area contributed by atoms with Crippen LogP contribution in [-0.4, -0.2) is 4.98 Å². The maximum absolute atomic E-state index is 4.63. The number of nitrogens with zero attached hydrogens (tertiary/aromatic N) is 2. The first-order valence-electron chi connectivity index (χ1n) is 19.6. The Morgan fingerprint density at radius 3 is 1.21 bits per heavy atom. The molecular formula is C55H34N2. The quantitative estimate of drug-likeness (QED) is 0.170. The molecule has 0 aliphatic heterocycles. The fraction of sp³-hybridized carbons (Fsp3) is 0. The Morgan fingerprint density at radius 1 is 0.281 bits per heavy atom. The molecule has 264 valence electrons. The van der Waals surface area contributed by atoms with Crippen molar-refractivity contribution in [2.75, 3.05) is 4.90 Å². The van der Waals surface area contributed by atoms with Crippen molar-refractivity contribution in [3.63, 3.8) is 0 Å². The van der Waals surface area contributed by atoms with Crippen LogP contribution in [0.2, 0.25) is 0 Å². The molecule has 0 bridgehead atoms. The van der Waals surface area contributed by atoms with Gasteiger partial charge in [0.15, 0.2) is 0 Å². The molecule has 0 unspecified atom stereocenters. The van der Waals surface area contributed by atoms with E-state index in [0.717, 1.165) is 28.3 Å². The Kier molecular flexibility index (Phi) is 6.96. The van der Waals surface area contributed by atoms with Crippen LogP contribution < -0.4 is 4.90 Å². The average Bonchev–Trinajstić information content (AvgIpc) is 3.79. The van der Waals surface area contributed by atoms with Gasteiger partial charge in [0.1, 0.15) is 0 Å². The standard InChI is InChI=1S/C55H34N2/c1-3-17-45-43(15-1)49-21-9-19-47-41(28-30-51(45)54(47)49)36-11-7-13-39(33-36)57(38-26-24-35(25-27-38)53-23-5-6-32-56-53)40-14-8-12-37(34-40)42-29-31-52-46-18-4-2-16-44(46)50-22-10-20-48(42)55(50)52/h1-34H. The maximum atomic E-state index is 4.63. The highest BCUT2D eigenvalue weighted by atomic mass is 15.1. The van der Waals surface area contributed by atoms with E-state index in [1.165, 1.54) is 88.3 Å². The van der Waals surface area contributed by atoms with Crippen LogP contribution in [0.25, 0.3) is 99.6 Å². The minimum atomic E-state index is 0.961. The molecule has 12 rings (SSSR count). The zero-order valence-corrected chi connectivity index (χ0v) is 31.0. The van der Waals surface area contributed by atoms with Crippen molar-refractivity contribution in [2.45, 2.75) is 0 Å². The molecule has 0 N–H and O–H groups in total. The maximum Gasteiger partial charge on any atom is 0.0701 e. The lowest BCUT2D eigenvalue weighted by Crippen LogP contribution is -2.10. The van der Waals surface area contributed by atoms with Crippen molar-refractivity contribution in [1.29, 1.82) is 0 Å². The van der Waals surface area contributed by atoms with Crippen molar-refractivity contribution in [1.82, 2.24) is 4.98 Å². The largest absolute Gasteiger partial charge is 0.310 e. The van der Waals surface area contributed by atoms with E-state index in [1.807, 2.05) is 18.3 Å². The summed E-state index contributed by atoms with van der Waals surface area (Å²) in [5.41, 5.74) is 20.7. The van der Waals surface area contributed by atoms with Crippen LogP contribution in [0.1, 0.15) is 0 Å². The van der Waals surface area contributed by atoms with Crippen molar-refractivity contribution in [2.24, 2.45) is 0 Å². The Hall–Kier alpha value is -7.55. The summed E-state index contributed by atoms with van der Waals surface area (Å²) in [6.07, 6.45) is 1.85. The lowest BCUT2D eigenvalue weighted by Gasteiger charge is -2.27. The van der Waals surface area contributed by atoms with E-state index in [9.17, 15) is 0 Å². The number of hydrogen-bond donors (Lipinski definition) is 0. The average molecular weight is 723 g/mol. The lowest BCUT2D eigenvalue weighted by molar-refractivity contribution is 1.28. The number of hydrogen-bond acceptors (Lipinski definition) is 2. The minimum Gasteiger partial charge on any atom is -0.310 e. The predicted molar refractivity (Wildman–Crippen MR) is 239 cm³/mol. The van der Waals surface area contributed by atoms with Crippen LogP contribution >= 0.6 is 0 Å². The fourth-order valence-corrected chi connectivity index (χ4v) is 9.51. The zero-order chi connectivity index (χ0) is 37.5. The van der Waals surface area contributed by atoms with Crippen LogP contribution in [0.3, 0.4) is 0 Å². The van der Waals surface area contributed by atoms with E-state index in [0.29, 0.717) is 0 Å². The molecule has 2 heteroatoms. The third-order valence-electron chi connectivity index (χ3n) is 12.0. The first-order chi connectivity index (χ1) is 28.3. The summed E-state index contributed by atoms with van der Waals surface area (Å²) >= 11 is 0. The number of fused-ring (bicyclic) bond motifs is 6. The summed E-state index contributed by atoms with van der Waals surface area (Å²) in [6.45, 7) is 0. The molecule has 2 nitrogen and oxygen atoms in total. The van der Waals surface area contributed by atoms with E-state index < -0.39 is 0 Å². The highest BCUT2D eigenvalue weighted by Crippen LogP contribution is 2.51. The molecule has 9 aromatic carbocycles. The van der Waals surface area contributed by atoms with Crippen molar-refractivity contribution in [3.8, 4) is 78.0 Å². The number of pyridine rings is 1. The second kappa shape index (κ2) is 12.5. The fourth-order valence-electron chi connectivity index (χ4n) is 9.51. The monoisotopic (exact) mass is 722 g/mol. The second-order valence-electron chi connectivity index (χ2n) is 15.1. The molecule has 0 saturated carbocycles. The van der Waals surface area contributed by atoms with Crippen molar-refractivity contribution < 1.29 is 0 Å². The molecule has 2 aliphatic rings. The molecule has 0 saturated heterocycles. The van der Waals surface area contributed by atoms with Gasteiger partial charge in [-0.05, 0) is 137 Å². The molecular weight excluding hydrogens is 689 g/mol. The van der Waals surface area contributed by atoms with E-state index in [1.54, 1.807) is 0 Å². The molecule has 2 aliphatic carbocycles. The SMILES string of the molecule is c1ccc(-c2ccc(N(c3cccc(-c4ccc5c6c(cccc46)-c4ccccc4-5)c3)c3cccc(-c4ccc5c6c(cccc46)-c4ccccc4-5)c3)cc2)nc1. The summed E-state index contributed by atoms with van der Waals surface area (Å²) in [4.78, 5) is 7.02. The molecule has 0 atom stereocenters. The van der Waals surface area contributed by atoms with Gasteiger partial charge in [0, 0.05) is 28.8 Å². The van der Waals surface area contributed by atoms with Gasteiger partial charge in [-0.25, -0.2) is 0 Å². The highest BCUT2D eigenvalue weighted by molar-refractivity contribution is 6.20. The van der Waals surface area contributed by atoms with Gasteiger partial charge < -0.3 is 4.90 Å². The van der Waals surface area contributed by atoms with E-state index in [4.69, 9.17) is 0 Å². The number of rotatable bonds is 6. The summed E-state index contributed by atoms with van der Waals surface area (Å²) in [5.74, 6) is 0. The van der Waals surface area contributed by atoms with Gasteiger partial charge in [0.2, 0.25) is 0 Å². The summed E-state index contributed by atoms with van der Waals surface area (Å²) in [5, 5.41) is 5.23. The first kappa shape index (κ1) is 31.8. The third-order valence-corrected chi connectivity index (χ3v) is 12.0. The molecule has 0 radical (unpaired) electrons. The topological polar surface area (TPSA) is 16.1 Å². The lowest BCUT2D eigenvalue weighted by atomic mass is 9.93. The summed E-state index contributed by atoms with van der Waals surface area (Å²) in [7, 11) is 0. The molecule has 0 fully saturated rings. The molecule has 57 heavy (non-hydrogen) atoms. The van der Waals surface area contributed by atoms with Crippen LogP contribution in [0, 0.1) is 0 Å². The molecule has 0 amide bonds. The molecule has 1 aromatic heterocycles. The van der Waals surface area contributed by atoms with Crippen LogP contribution in [-0.2, 0) is 0 Å². The number of anilines is 3. The van der Waals surface area contributed by atoms with Crippen molar-refractivity contribution >= 4 is 38.6 Å². The Morgan fingerprint density at radius 2 is 0.719 bits per heavy atom. The first-order valence-corrected chi connectivity index (χ1v) is 19.6. The third kappa shape index (κ3) is 4.87. The van der Waals surface area contributed by atoms with Crippen molar-refractivity contribution in [3.05, 3.63) is 206 Å². The van der Waals surface area contributed by atoms with E-state index in [2.05, 4.69) is 198 Å². The number of aromatic nitrogens is 1. The smallest absolute Gasteiger partial charge is 0.0701 e. The summed E-state index contributed by atoms with van der Waals surface area (Å²) in [6, 6.07) is 73.2. The Bertz CT molecular complexity index is 3000. The number of benzene rings is 9. The van der Waals surface area contributed by atoms with Crippen LogP contribution in [0.4, 0.5) is 17.1 Å².